The van der Waals surface area contributed by atoms with Crippen molar-refractivity contribution >= 4 is 0 Å². The highest BCUT2D eigenvalue weighted by molar-refractivity contribution is 4.94. The number of unbranched alkanes of at least 4 members (excludes halogenated alkanes) is 1. The van der Waals surface area contributed by atoms with E-state index in [1.54, 1.807) is 14.7 Å². The van der Waals surface area contributed by atoms with E-state index < -0.39 is 0 Å². The van der Waals surface area contributed by atoms with Crippen molar-refractivity contribution in [3.8, 4) is 91.9 Å². The zero-order valence-corrected chi connectivity index (χ0v) is 25.7. The number of terminal acetylenes is 4. The van der Waals surface area contributed by atoms with Gasteiger partial charge in [-0.1, -0.05) is 18.8 Å². The van der Waals surface area contributed by atoms with Gasteiger partial charge in [0.1, 0.15) is 0 Å². The molecule has 0 saturated carbocycles. The molecule has 0 amide bonds. The van der Waals surface area contributed by atoms with Gasteiger partial charge in [-0.05, 0) is 19.4 Å². The van der Waals surface area contributed by atoms with Crippen LogP contribution < -0.4 is 0 Å². The lowest BCUT2D eigenvalue weighted by molar-refractivity contribution is 0.315. The van der Waals surface area contributed by atoms with Crippen molar-refractivity contribution in [1.29, 1.82) is 36.8 Å². The third kappa shape index (κ3) is 38.7. The summed E-state index contributed by atoms with van der Waals surface area (Å²) in [4.78, 5) is 7.18. The van der Waals surface area contributed by atoms with Crippen LogP contribution in [0.15, 0.2) is 0 Å². The molecule has 0 aromatic carbocycles. The summed E-state index contributed by atoms with van der Waals surface area (Å²) in [6, 6.07) is 13.9. The van der Waals surface area contributed by atoms with Crippen LogP contribution in [0.5, 0.6) is 0 Å². The molecule has 44 heavy (non-hydrogen) atoms. The molecular weight excluding hydrogens is 550 g/mol. The fraction of sp³-hybridized carbons (Fsp3) is 0.545. The molecule has 0 atom stereocenters. The molecule has 11 nitrogen and oxygen atoms in total. The summed E-state index contributed by atoms with van der Waals surface area (Å²) in [6.07, 6.45) is 24.0. The minimum absolute atomic E-state index is 0.220. The molecule has 0 heterocycles. The second-order valence-corrected chi connectivity index (χ2v) is 8.37. The highest BCUT2D eigenvalue weighted by atomic mass is 15.1. The van der Waals surface area contributed by atoms with Crippen LogP contribution in [0.1, 0.15) is 39.0 Å². The molecule has 0 aromatic rings. The number of hydrogen-bond donors (Lipinski definition) is 0. The van der Waals surface area contributed by atoms with Crippen LogP contribution in [0.4, 0.5) is 0 Å². The molecule has 0 unspecified atom stereocenters. The standard InChI is InChI=1S/C9H11N3.C9H14N2.C8H9N3.C7H7N3/c1-2-3-4-7-12(8-5-10)9-6-11;1-3-7-11(8-4-2)9-5-6-10;1-2-3-6-11(7-4-9)8-5-10;1-2-5-10(6-3-8)7-4-9/h1H,3-4,7-9H2;1H,4-5,7-9H2,2H3;1H,3,6-8H2;1H,5-7H2. The molecule has 228 valence electrons. The van der Waals surface area contributed by atoms with Gasteiger partial charge in [0.2, 0.25) is 0 Å². The number of nitriles is 7. The Morgan fingerprint density at radius 1 is 0.386 bits per heavy atom. The van der Waals surface area contributed by atoms with E-state index in [9.17, 15) is 0 Å². The zero-order valence-electron chi connectivity index (χ0n) is 25.7. The smallest absolute Gasteiger partial charge is 0.0882 e. The minimum Gasteiger partial charge on any atom is -0.291 e. The molecule has 0 aliphatic rings. The van der Waals surface area contributed by atoms with E-state index in [0.29, 0.717) is 52.0 Å². The lowest BCUT2D eigenvalue weighted by atomic mass is 10.3. The maximum absolute atomic E-state index is 8.38. The first kappa shape index (κ1) is 45.5. The van der Waals surface area contributed by atoms with E-state index in [2.05, 4.69) is 41.6 Å². The first-order chi connectivity index (χ1) is 21.4. The molecule has 0 aliphatic carbocycles. The first-order valence-corrected chi connectivity index (χ1v) is 13.6. The Labute approximate surface area is 265 Å². The fourth-order valence-electron chi connectivity index (χ4n) is 2.88. The van der Waals surface area contributed by atoms with Crippen LogP contribution in [-0.2, 0) is 0 Å². The highest BCUT2D eigenvalue weighted by Gasteiger charge is 2.02. The third-order valence-corrected chi connectivity index (χ3v) is 4.84. The van der Waals surface area contributed by atoms with E-state index in [4.69, 9.17) is 62.5 Å². The van der Waals surface area contributed by atoms with Crippen LogP contribution in [0.25, 0.3) is 0 Å². The van der Waals surface area contributed by atoms with Crippen molar-refractivity contribution in [3.63, 3.8) is 0 Å². The van der Waals surface area contributed by atoms with E-state index in [1.807, 2.05) is 36.4 Å². The van der Waals surface area contributed by atoms with Crippen molar-refractivity contribution in [2.24, 2.45) is 0 Å². The molecule has 0 N–H and O–H groups in total. The molecule has 0 fully saturated rings. The number of hydrogen-bond acceptors (Lipinski definition) is 11. The lowest BCUT2D eigenvalue weighted by Gasteiger charge is -2.16. The maximum Gasteiger partial charge on any atom is 0.0882 e. The highest BCUT2D eigenvalue weighted by Crippen LogP contribution is 1.93. The summed E-state index contributed by atoms with van der Waals surface area (Å²) in [5.74, 6) is 9.91. The van der Waals surface area contributed by atoms with E-state index in [1.165, 1.54) is 0 Å². The Morgan fingerprint density at radius 2 is 0.773 bits per heavy atom. The summed E-state index contributed by atoms with van der Waals surface area (Å²) in [5.41, 5.74) is 0. The Bertz CT molecular complexity index is 1110. The third-order valence-electron chi connectivity index (χ3n) is 4.84. The van der Waals surface area contributed by atoms with Crippen LogP contribution in [0, 0.1) is 129 Å². The summed E-state index contributed by atoms with van der Waals surface area (Å²) >= 11 is 0. The molecule has 0 saturated heterocycles. The molecule has 0 aliphatic heterocycles. The molecule has 0 spiro atoms. The molecule has 0 radical (unpaired) electrons. The van der Waals surface area contributed by atoms with E-state index in [-0.39, 0.29) is 26.2 Å². The number of rotatable bonds is 17. The Morgan fingerprint density at radius 3 is 1.14 bits per heavy atom. The van der Waals surface area contributed by atoms with Crippen molar-refractivity contribution in [1.82, 2.24) is 19.6 Å². The quantitative estimate of drug-likeness (QED) is 0.138. The molecule has 0 rings (SSSR count). The van der Waals surface area contributed by atoms with Gasteiger partial charge < -0.3 is 0 Å². The average molecular weight is 592 g/mol. The summed E-state index contributed by atoms with van der Waals surface area (Å²) in [7, 11) is 0. The van der Waals surface area contributed by atoms with Gasteiger partial charge in [-0.2, -0.15) is 36.8 Å². The predicted octanol–water partition coefficient (Wildman–Crippen LogP) is 2.32. The zero-order chi connectivity index (χ0) is 34.1. The van der Waals surface area contributed by atoms with E-state index >= 15 is 0 Å². The van der Waals surface area contributed by atoms with Gasteiger partial charge in [0, 0.05) is 38.9 Å². The summed E-state index contributed by atoms with van der Waals surface area (Å²) in [5, 5.41) is 58.1. The van der Waals surface area contributed by atoms with Crippen molar-refractivity contribution in [3.05, 3.63) is 0 Å². The van der Waals surface area contributed by atoms with Crippen LogP contribution >= 0.6 is 0 Å². The van der Waals surface area contributed by atoms with Crippen LogP contribution in [0.3, 0.4) is 0 Å². The van der Waals surface area contributed by atoms with Crippen LogP contribution in [0.2, 0.25) is 0 Å². The Balaban J connectivity index is -0.000000243. The van der Waals surface area contributed by atoms with Gasteiger partial charge in [0.25, 0.3) is 0 Å². The fourth-order valence-corrected chi connectivity index (χ4v) is 2.88. The van der Waals surface area contributed by atoms with Crippen molar-refractivity contribution in [2.45, 2.75) is 39.0 Å². The van der Waals surface area contributed by atoms with E-state index in [0.717, 1.165) is 32.5 Å². The second kappa shape index (κ2) is 42.0. The van der Waals surface area contributed by atoms with Gasteiger partial charge in [0.15, 0.2) is 0 Å². The largest absolute Gasteiger partial charge is 0.291 e. The van der Waals surface area contributed by atoms with Gasteiger partial charge in [-0.3, -0.25) is 19.6 Å². The molecule has 0 aromatic heterocycles. The molecule has 0 bridgehead atoms. The summed E-state index contributed by atoms with van der Waals surface area (Å²) < 4.78 is 0. The van der Waals surface area contributed by atoms with Gasteiger partial charge in [0.05, 0.1) is 94.8 Å². The minimum atomic E-state index is 0.220. The van der Waals surface area contributed by atoms with Crippen LogP contribution in [-0.4, -0.2) is 98.1 Å². The van der Waals surface area contributed by atoms with Gasteiger partial charge in [-0.15, -0.1) is 37.5 Å². The average Bonchev–Trinajstić information content (AvgIpc) is 3.01. The molecule has 11 heteroatoms. The predicted molar refractivity (Wildman–Crippen MR) is 169 cm³/mol. The van der Waals surface area contributed by atoms with Crippen molar-refractivity contribution in [2.75, 3.05) is 78.5 Å². The topological polar surface area (TPSA) is 179 Å². The summed E-state index contributed by atoms with van der Waals surface area (Å²) in [6.45, 7) is 7.87. The van der Waals surface area contributed by atoms with Gasteiger partial charge >= 0.3 is 0 Å². The molecular formula is C33H41N11. The van der Waals surface area contributed by atoms with Gasteiger partial charge in [-0.25, -0.2) is 0 Å². The Hall–Kier alpha value is -5.49. The lowest BCUT2D eigenvalue weighted by Crippen LogP contribution is -2.25. The number of nitrogens with zero attached hydrogens (tertiary/aromatic N) is 11. The first-order valence-electron chi connectivity index (χ1n) is 13.6. The van der Waals surface area contributed by atoms with Crippen molar-refractivity contribution < 1.29 is 0 Å². The normalized spacial score (nSPS) is 8.41. The second-order valence-electron chi connectivity index (χ2n) is 8.37. The maximum atomic E-state index is 8.38. The Kier molecular flexibility index (Phi) is 43.4. The SMILES string of the molecule is C#CCCCN(CC#N)CC#N.C#CCCN(CC#N)CC#N.C#CCN(CC#N)CC#N.C#CCN(CCC)CCC#N. The monoisotopic (exact) mass is 591 g/mol.